The predicted molar refractivity (Wildman–Crippen MR) is 110 cm³/mol. The number of carbonyl (C=O) groups excluding carboxylic acids is 1. The van der Waals surface area contributed by atoms with Gasteiger partial charge < -0.3 is 19.2 Å². The fraction of sp³-hybridized carbons (Fsp3) is 0.522. The molecule has 1 N–H and O–H groups in total. The average molecular weight is 416 g/mol. The lowest BCUT2D eigenvalue weighted by atomic mass is 9.79. The molecular formula is C23H29FN2O4. The van der Waals surface area contributed by atoms with Gasteiger partial charge in [-0.1, -0.05) is 19.3 Å². The Hall–Kier alpha value is -2.38. The summed E-state index contributed by atoms with van der Waals surface area (Å²) in [7, 11) is 0. The van der Waals surface area contributed by atoms with Gasteiger partial charge in [-0.25, -0.2) is 4.39 Å². The van der Waals surface area contributed by atoms with E-state index in [1.165, 1.54) is 31.4 Å². The molecule has 162 valence electrons. The Balaban J connectivity index is 1.33. The molecule has 1 amide bonds. The molecule has 0 bridgehead atoms. The lowest BCUT2D eigenvalue weighted by Gasteiger charge is -2.48. The number of benzene rings is 1. The first-order valence-corrected chi connectivity index (χ1v) is 10.7. The summed E-state index contributed by atoms with van der Waals surface area (Å²) in [6.07, 6.45) is 5.84. The van der Waals surface area contributed by atoms with Crippen LogP contribution in [0.3, 0.4) is 0 Å². The number of morpholine rings is 1. The number of amides is 1. The molecule has 2 heterocycles. The average Bonchev–Trinajstić information content (AvgIpc) is 3.28. The van der Waals surface area contributed by atoms with Gasteiger partial charge >= 0.3 is 0 Å². The minimum absolute atomic E-state index is 0.0127. The number of hydrogen-bond donors (Lipinski definition) is 1. The molecule has 1 saturated heterocycles. The number of halogens is 1. The molecule has 30 heavy (non-hydrogen) atoms. The van der Waals surface area contributed by atoms with Crippen molar-refractivity contribution in [1.82, 2.24) is 10.2 Å². The lowest BCUT2D eigenvalue weighted by Crippen LogP contribution is -2.59. The highest BCUT2D eigenvalue weighted by Gasteiger charge is 2.39. The zero-order valence-electron chi connectivity index (χ0n) is 17.2. The minimum atomic E-state index is -0.313. The van der Waals surface area contributed by atoms with E-state index in [0.29, 0.717) is 18.1 Å². The van der Waals surface area contributed by atoms with Crippen molar-refractivity contribution in [2.45, 2.75) is 44.2 Å². The Bertz CT molecular complexity index is 824. The molecule has 1 saturated carbocycles. The van der Waals surface area contributed by atoms with E-state index < -0.39 is 0 Å². The highest BCUT2D eigenvalue weighted by molar-refractivity contribution is 5.91. The fourth-order valence-corrected chi connectivity index (χ4v) is 4.45. The second kappa shape index (κ2) is 9.62. The molecule has 2 fully saturated rings. The van der Waals surface area contributed by atoms with Crippen molar-refractivity contribution in [1.29, 1.82) is 0 Å². The fourth-order valence-electron chi connectivity index (χ4n) is 4.45. The minimum Gasteiger partial charge on any atom is -0.486 e. The molecule has 7 heteroatoms. The van der Waals surface area contributed by atoms with Gasteiger partial charge in [0.2, 0.25) is 0 Å². The van der Waals surface area contributed by atoms with Crippen LogP contribution in [0.5, 0.6) is 5.75 Å². The Morgan fingerprint density at radius 3 is 2.53 bits per heavy atom. The molecule has 4 rings (SSSR count). The second-order valence-corrected chi connectivity index (χ2v) is 8.08. The van der Waals surface area contributed by atoms with Gasteiger partial charge in [0.25, 0.3) is 5.91 Å². The van der Waals surface area contributed by atoms with E-state index in [-0.39, 0.29) is 29.6 Å². The number of nitrogens with zero attached hydrogens (tertiary/aromatic N) is 1. The molecule has 2 aliphatic rings. The maximum atomic E-state index is 13.0. The lowest BCUT2D eigenvalue weighted by molar-refractivity contribution is -0.0362. The zero-order valence-corrected chi connectivity index (χ0v) is 17.2. The van der Waals surface area contributed by atoms with Crippen LogP contribution in [0.2, 0.25) is 0 Å². The number of rotatable bonds is 7. The van der Waals surface area contributed by atoms with Crippen molar-refractivity contribution >= 4 is 5.91 Å². The molecule has 1 aliphatic carbocycles. The van der Waals surface area contributed by atoms with Gasteiger partial charge in [-0.2, -0.15) is 0 Å². The summed E-state index contributed by atoms with van der Waals surface area (Å²) in [5, 5.41) is 3.10. The largest absolute Gasteiger partial charge is 0.486 e. The van der Waals surface area contributed by atoms with Crippen LogP contribution in [0.4, 0.5) is 4.39 Å². The number of carbonyl (C=O) groups is 1. The molecule has 2 aromatic rings. The van der Waals surface area contributed by atoms with Crippen LogP contribution in [0.25, 0.3) is 0 Å². The third-order valence-corrected chi connectivity index (χ3v) is 6.12. The van der Waals surface area contributed by atoms with E-state index in [2.05, 4.69) is 10.2 Å². The third-order valence-electron chi connectivity index (χ3n) is 6.12. The smallest absolute Gasteiger partial charge is 0.287 e. The van der Waals surface area contributed by atoms with Crippen molar-refractivity contribution in [3.63, 3.8) is 0 Å². The van der Waals surface area contributed by atoms with Crippen LogP contribution >= 0.6 is 0 Å². The summed E-state index contributed by atoms with van der Waals surface area (Å²) in [5.41, 5.74) is 0.0127. The summed E-state index contributed by atoms with van der Waals surface area (Å²) in [6, 6.07) is 9.19. The van der Waals surface area contributed by atoms with E-state index in [4.69, 9.17) is 13.9 Å². The Morgan fingerprint density at radius 1 is 1.07 bits per heavy atom. The van der Waals surface area contributed by atoms with E-state index >= 15 is 0 Å². The van der Waals surface area contributed by atoms with Crippen LogP contribution in [0.1, 0.15) is 48.4 Å². The summed E-state index contributed by atoms with van der Waals surface area (Å²) in [6.45, 7) is 4.14. The van der Waals surface area contributed by atoms with Gasteiger partial charge in [0.1, 0.15) is 23.9 Å². The van der Waals surface area contributed by atoms with Crippen molar-refractivity contribution in [3.05, 3.63) is 53.7 Å². The van der Waals surface area contributed by atoms with Crippen LogP contribution in [0, 0.1) is 5.82 Å². The van der Waals surface area contributed by atoms with E-state index in [1.54, 1.807) is 24.3 Å². The zero-order chi connectivity index (χ0) is 20.8. The molecule has 1 aromatic carbocycles. The SMILES string of the molecule is O=C(NCC1(N2CCOCC2)CCCCC1)c1ccc(COc2ccc(F)cc2)o1. The molecule has 0 radical (unpaired) electrons. The van der Waals surface area contributed by atoms with E-state index in [1.807, 2.05) is 0 Å². The van der Waals surface area contributed by atoms with Crippen molar-refractivity contribution in [2.75, 3.05) is 32.8 Å². The van der Waals surface area contributed by atoms with Crippen LogP contribution in [-0.4, -0.2) is 49.2 Å². The van der Waals surface area contributed by atoms with Gasteiger partial charge in [0.15, 0.2) is 5.76 Å². The Labute approximate surface area is 176 Å². The normalized spacial score (nSPS) is 19.4. The summed E-state index contributed by atoms with van der Waals surface area (Å²) in [5.74, 6) is 0.850. The standard InChI is InChI=1S/C23H29FN2O4/c24-18-4-6-19(7-5-18)29-16-20-8-9-21(30-20)22(27)25-17-23(10-2-1-3-11-23)26-12-14-28-15-13-26/h4-9H,1-3,10-17H2,(H,25,27). The number of furan rings is 1. The van der Waals surface area contributed by atoms with E-state index in [9.17, 15) is 9.18 Å². The van der Waals surface area contributed by atoms with Gasteiger partial charge in [-0.3, -0.25) is 9.69 Å². The molecule has 0 unspecified atom stereocenters. The van der Waals surface area contributed by atoms with Crippen LogP contribution in [-0.2, 0) is 11.3 Å². The summed E-state index contributed by atoms with van der Waals surface area (Å²) < 4.78 is 29.7. The topological polar surface area (TPSA) is 63.9 Å². The molecule has 0 atom stereocenters. The maximum absolute atomic E-state index is 13.0. The molecular weight excluding hydrogens is 387 g/mol. The molecule has 6 nitrogen and oxygen atoms in total. The Morgan fingerprint density at radius 2 is 1.80 bits per heavy atom. The predicted octanol–water partition coefficient (Wildman–Crippen LogP) is 3.76. The molecule has 0 spiro atoms. The first-order chi connectivity index (χ1) is 14.6. The van der Waals surface area contributed by atoms with Crippen LogP contribution < -0.4 is 10.1 Å². The maximum Gasteiger partial charge on any atom is 0.287 e. The summed E-state index contributed by atoms with van der Waals surface area (Å²) in [4.78, 5) is 15.2. The van der Waals surface area contributed by atoms with Gasteiger partial charge in [0.05, 0.1) is 13.2 Å². The summed E-state index contributed by atoms with van der Waals surface area (Å²) >= 11 is 0. The quantitative estimate of drug-likeness (QED) is 0.745. The number of nitrogens with one attached hydrogen (secondary N) is 1. The third kappa shape index (κ3) is 5.02. The molecule has 1 aromatic heterocycles. The molecule has 1 aliphatic heterocycles. The van der Waals surface area contributed by atoms with Crippen LogP contribution in [0.15, 0.2) is 40.8 Å². The van der Waals surface area contributed by atoms with Gasteiger partial charge in [0, 0.05) is 25.2 Å². The second-order valence-electron chi connectivity index (χ2n) is 8.08. The first kappa shape index (κ1) is 20.9. The van der Waals surface area contributed by atoms with Crippen molar-refractivity contribution < 1.29 is 23.1 Å². The highest BCUT2D eigenvalue weighted by Crippen LogP contribution is 2.34. The van der Waals surface area contributed by atoms with Crippen molar-refractivity contribution in [2.24, 2.45) is 0 Å². The monoisotopic (exact) mass is 416 g/mol. The Kier molecular flexibility index (Phi) is 6.69. The number of hydrogen-bond acceptors (Lipinski definition) is 5. The van der Waals surface area contributed by atoms with Crippen molar-refractivity contribution in [3.8, 4) is 5.75 Å². The number of ether oxygens (including phenoxy) is 2. The van der Waals surface area contributed by atoms with E-state index in [0.717, 1.165) is 39.1 Å². The van der Waals surface area contributed by atoms with Gasteiger partial charge in [-0.05, 0) is 49.2 Å². The highest BCUT2D eigenvalue weighted by atomic mass is 19.1. The first-order valence-electron chi connectivity index (χ1n) is 10.7. The van der Waals surface area contributed by atoms with Gasteiger partial charge in [-0.15, -0.1) is 0 Å².